The highest BCUT2D eigenvalue weighted by atomic mass is 32.2. The van der Waals surface area contributed by atoms with Crippen LogP contribution in [0.3, 0.4) is 0 Å². The number of fused-ring (bicyclic) bond motifs is 1. The van der Waals surface area contributed by atoms with Crippen molar-refractivity contribution in [1.29, 1.82) is 0 Å². The first-order valence-electron chi connectivity index (χ1n) is 7.56. The van der Waals surface area contributed by atoms with Crippen molar-refractivity contribution in [1.82, 2.24) is 9.29 Å². The molecule has 0 amide bonds. The molecule has 120 valence electrons. The molecule has 0 saturated heterocycles. The lowest BCUT2D eigenvalue weighted by atomic mass is 10.1. The first-order chi connectivity index (χ1) is 10.5. The predicted molar refractivity (Wildman–Crippen MR) is 91.7 cm³/mol. The van der Waals surface area contributed by atoms with E-state index < -0.39 is 10.0 Å². The number of aromatic nitrogens is 1. The van der Waals surface area contributed by atoms with Crippen LogP contribution in [0.15, 0.2) is 30.3 Å². The van der Waals surface area contributed by atoms with E-state index in [1.54, 1.807) is 0 Å². The zero-order valence-corrected chi connectivity index (χ0v) is 14.2. The van der Waals surface area contributed by atoms with Gasteiger partial charge < -0.3 is 5.32 Å². The highest BCUT2D eigenvalue weighted by Crippen LogP contribution is 2.22. The second-order valence-corrected chi connectivity index (χ2v) is 7.24. The average Bonchev–Trinajstić information content (AvgIpc) is 2.47. The second kappa shape index (κ2) is 7.07. The number of benzene rings is 1. The van der Waals surface area contributed by atoms with E-state index in [0.717, 1.165) is 22.3 Å². The summed E-state index contributed by atoms with van der Waals surface area (Å²) in [6.07, 6.45) is 0. The van der Waals surface area contributed by atoms with Crippen LogP contribution in [0.1, 0.15) is 19.5 Å². The van der Waals surface area contributed by atoms with Crippen LogP contribution in [0, 0.1) is 6.92 Å². The topological polar surface area (TPSA) is 62.3 Å². The van der Waals surface area contributed by atoms with Crippen molar-refractivity contribution in [2.24, 2.45) is 0 Å². The smallest absolute Gasteiger partial charge is 0.215 e. The number of nitrogens with zero attached hydrogens (tertiary/aromatic N) is 2. The lowest BCUT2D eigenvalue weighted by Gasteiger charge is -2.19. The molecule has 1 heterocycles. The van der Waals surface area contributed by atoms with Gasteiger partial charge in [-0.2, -0.15) is 0 Å². The Kier molecular flexibility index (Phi) is 5.37. The molecule has 1 aromatic carbocycles. The Labute approximate surface area is 132 Å². The highest BCUT2D eigenvalue weighted by molar-refractivity contribution is 7.89. The number of hydrogen-bond donors (Lipinski definition) is 1. The molecule has 2 aromatic rings. The zero-order chi connectivity index (χ0) is 16.2. The van der Waals surface area contributed by atoms with Gasteiger partial charge in [0.25, 0.3) is 0 Å². The van der Waals surface area contributed by atoms with Crippen molar-refractivity contribution in [3.05, 3.63) is 36.0 Å². The lowest BCUT2D eigenvalue weighted by Crippen LogP contribution is -2.34. The molecule has 6 heteroatoms. The summed E-state index contributed by atoms with van der Waals surface area (Å²) in [6.45, 7) is 7.05. The summed E-state index contributed by atoms with van der Waals surface area (Å²) in [4.78, 5) is 4.48. The number of anilines is 1. The zero-order valence-electron chi connectivity index (χ0n) is 13.3. The highest BCUT2D eigenvalue weighted by Gasteiger charge is 2.18. The molecule has 0 unspecified atom stereocenters. The lowest BCUT2D eigenvalue weighted by molar-refractivity contribution is 0.446. The fourth-order valence-electron chi connectivity index (χ4n) is 2.51. The fraction of sp³-hybridized carbons (Fsp3) is 0.438. The van der Waals surface area contributed by atoms with Gasteiger partial charge in [-0.05, 0) is 19.1 Å². The Hall–Kier alpha value is -1.66. The monoisotopic (exact) mass is 321 g/mol. The van der Waals surface area contributed by atoms with Crippen LogP contribution in [0.2, 0.25) is 0 Å². The largest absolute Gasteiger partial charge is 0.383 e. The molecule has 0 aliphatic rings. The number of aryl methyl sites for hydroxylation is 1. The summed E-state index contributed by atoms with van der Waals surface area (Å²) in [5.41, 5.74) is 2.75. The van der Waals surface area contributed by atoms with E-state index >= 15 is 0 Å². The Morgan fingerprint density at radius 2 is 1.86 bits per heavy atom. The minimum Gasteiger partial charge on any atom is -0.383 e. The Morgan fingerprint density at radius 3 is 2.55 bits per heavy atom. The van der Waals surface area contributed by atoms with Gasteiger partial charge in [0.2, 0.25) is 10.0 Å². The minimum absolute atomic E-state index is 0.0877. The van der Waals surface area contributed by atoms with Crippen LogP contribution in [0.5, 0.6) is 0 Å². The van der Waals surface area contributed by atoms with E-state index in [1.165, 1.54) is 4.31 Å². The summed E-state index contributed by atoms with van der Waals surface area (Å²) < 4.78 is 25.9. The number of rotatable bonds is 7. The summed E-state index contributed by atoms with van der Waals surface area (Å²) in [6, 6.07) is 9.80. The molecule has 5 nitrogen and oxygen atoms in total. The van der Waals surface area contributed by atoms with Crippen LogP contribution in [-0.4, -0.2) is 43.1 Å². The van der Waals surface area contributed by atoms with E-state index in [2.05, 4.69) is 10.3 Å². The van der Waals surface area contributed by atoms with Crippen molar-refractivity contribution in [2.75, 3.05) is 30.7 Å². The van der Waals surface area contributed by atoms with Gasteiger partial charge in [0.05, 0.1) is 11.3 Å². The first kappa shape index (κ1) is 16.7. The van der Waals surface area contributed by atoms with E-state index in [4.69, 9.17) is 0 Å². The van der Waals surface area contributed by atoms with Crippen LogP contribution in [-0.2, 0) is 10.0 Å². The molecule has 1 aromatic heterocycles. The molecule has 0 aliphatic heterocycles. The van der Waals surface area contributed by atoms with Crippen LogP contribution in [0.4, 0.5) is 5.69 Å². The molecule has 22 heavy (non-hydrogen) atoms. The molecule has 0 bridgehead atoms. The van der Waals surface area contributed by atoms with Gasteiger partial charge in [-0.15, -0.1) is 0 Å². The normalized spacial score (nSPS) is 12.0. The van der Waals surface area contributed by atoms with Crippen molar-refractivity contribution < 1.29 is 8.42 Å². The Balaban J connectivity index is 2.13. The first-order valence-corrected chi connectivity index (χ1v) is 9.17. The minimum atomic E-state index is -3.20. The van der Waals surface area contributed by atoms with E-state index in [1.807, 2.05) is 51.1 Å². The van der Waals surface area contributed by atoms with Crippen molar-refractivity contribution >= 4 is 26.6 Å². The standard InChI is InChI=1S/C16H23N3O2S/c1-4-19(5-2)22(20,21)11-10-17-16-12-13(3)18-15-9-7-6-8-14(15)16/h6-9,12H,4-5,10-11H2,1-3H3,(H,17,18). The SMILES string of the molecule is CCN(CC)S(=O)(=O)CCNc1cc(C)nc2ccccc12. The maximum absolute atomic E-state index is 12.2. The van der Waals surface area contributed by atoms with E-state index in [-0.39, 0.29) is 5.75 Å². The molecular weight excluding hydrogens is 298 g/mol. The molecule has 0 atom stereocenters. The maximum atomic E-state index is 12.2. The fourth-order valence-corrected chi connectivity index (χ4v) is 3.92. The second-order valence-electron chi connectivity index (χ2n) is 5.16. The molecule has 1 N–H and O–H groups in total. The van der Waals surface area contributed by atoms with E-state index in [0.29, 0.717) is 19.6 Å². The van der Waals surface area contributed by atoms with Crippen molar-refractivity contribution in [3.63, 3.8) is 0 Å². The van der Waals surface area contributed by atoms with Gasteiger partial charge in [-0.3, -0.25) is 4.98 Å². The molecule has 2 rings (SSSR count). The summed E-state index contributed by atoms with van der Waals surface area (Å²) >= 11 is 0. The third kappa shape index (κ3) is 3.75. The number of nitrogens with one attached hydrogen (secondary N) is 1. The molecule has 0 radical (unpaired) electrons. The molecule has 0 spiro atoms. The van der Waals surface area contributed by atoms with E-state index in [9.17, 15) is 8.42 Å². The van der Waals surface area contributed by atoms with Gasteiger partial charge in [-0.1, -0.05) is 32.0 Å². The number of hydrogen-bond acceptors (Lipinski definition) is 4. The number of sulfonamides is 1. The Morgan fingerprint density at radius 1 is 1.18 bits per heavy atom. The average molecular weight is 321 g/mol. The molecule has 0 aliphatic carbocycles. The summed E-state index contributed by atoms with van der Waals surface area (Å²) in [5, 5.41) is 4.25. The van der Waals surface area contributed by atoms with Crippen molar-refractivity contribution in [3.8, 4) is 0 Å². The van der Waals surface area contributed by atoms with Crippen LogP contribution in [0.25, 0.3) is 10.9 Å². The molecular formula is C16H23N3O2S. The van der Waals surface area contributed by atoms with Gasteiger partial charge in [-0.25, -0.2) is 12.7 Å². The summed E-state index contributed by atoms with van der Waals surface area (Å²) in [5.74, 6) is 0.0877. The van der Waals surface area contributed by atoms with Crippen LogP contribution < -0.4 is 5.32 Å². The van der Waals surface area contributed by atoms with Gasteiger partial charge >= 0.3 is 0 Å². The third-order valence-electron chi connectivity index (χ3n) is 3.62. The number of pyridine rings is 1. The van der Waals surface area contributed by atoms with Gasteiger partial charge in [0.1, 0.15) is 0 Å². The molecule has 0 saturated carbocycles. The quantitative estimate of drug-likeness (QED) is 0.851. The van der Waals surface area contributed by atoms with Crippen molar-refractivity contribution in [2.45, 2.75) is 20.8 Å². The van der Waals surface area contributed by atoms with Crippen LogP contribution >= 0.6 is 0 Å². The predicted octanol–water partition coefficient (Wildman–Crippen LogP) is 2.63. The van der Waals surface area contributed by atoms with Gasteiger partial charge in [0, 0.05) is 36.4 Å². The maximum Gasteiger partial charge on any atom is 0.215 e. The summed E-state index contributed by atoms with van der Waals surface area (Å²) in [7, 11) is -3.20. The third-order valence-corrected chi connectivity index (χ3v) is 5.64. The van der Waals surface area contributed by atoms with Gasteiger partial charge in [0.15, 0.2) is 0 Å². The molecule has 0 fully saturated rings. The number of para-hydroxylation sites is 1. The Bertz CT molecular complexity index is 740.